The minimum absolute atomic E-state index is 0.0896. The summed E-state index contributed by atoms with van der Waals surface area (Å²) < 4.78 is 0. The average Bonchev–Trinajstić information content (AvgIpc) is 3.00. The van der Waals surface area contributed by atoms with Crippen molar-refractivity contribution in [3.8, 4) is 6.07 Å². The topological polar surface area (TPSA) is 76.6 Å². The van der Waals surface area contributed by atoms with Crippen molar-refractivity contribution in [2.45, 2.75) is 6.04 Å². The third kappa shape index (κ3) is 6.01. The van der Waals surface area contributed by atoms with E-state index in [2.05, 4.69) is 59.5 Å². The number of hydrogen-bond donors (Lipinski definition) is 1. The minimum Gasteiger partial charge on any atom is -0.399 e. The van der Waals surface area contributed by atoms with Crippen LogP contribution in [0.1, 0.15) is 17.2 Å². The lowest BCUT2D eigenvalue weighted by Crippen LogP contribution is -2.50. The summed E-state index contributed by atoms with van der Waals surface area (Å²) in [5.74, 6) is -0.260. The first kappa shape index (κ1) is 25.8. The Morgan fingerprint density at radius 3 is 1.74 bits per heavy atom. The summed E-state index contributed by atoms with van der Waals surface area (Å²) in [6.45, 7) is 2.50. The SMILES string of the molecule is N#C/C(=C/N(c1ccccc1)c1ccc(N)cc1)C(=O)N1CCN(C(c2ccccc2)c2ccccc2)CC1. The van der Waals surface area contributed by atoms with Gasteiger partial charge in [0.05, 0.1) is 6.04 Å². The molecule has 194 valence electrons. The summed E-state index contributed by atoms with van der Waals surface area (Å²) in [7, 11) is 0. The minimum atomic E-state index is -0.260. The van der Waals surface area contributed by atoms with Crippen LogP contribution in [0.15, 0.2) is 127 Å². The number of piperazine rings is 1. The summed E-state index contributed by atoms with van der Waals surface area (Å²) in [6.07, 6.45) is 1.63. The fourth-order valence-corrected chi connectivity index (χ4v) is 5.02. The van der Waals surface area contributed by atoms with E-state index in [9.17, 15) is 10.1 Å². The molecular weight excluding hydrogens is 482 g/mol. The van der Waals surface area contributed by atoms with E-state index in [0.29, 0.717) is 31.9 Å². The van der Waals surface area contributed by atoms with Gasteiger partial charge in [0.15, 0.2) is 0 Å². The fourth-order valence-electron chi connectivity index (χ4n) is 5.02. The molecular formula is C33H31N5O. The zero-order valence-electron chi connectivity index (χ0n) is 21.7. The lowest BCUT2D eigenvalue weighted by molar-refractivity contribution is -0.128. The summed E-state index contributed by atoms with van der Waals surface area (Å²) >= 11 is 0. The maximum Gasteiger partial charge on any atom is 0.266 e. The molecule has 0 saturated carbocycles. The molecule has 0 atom stereocenters. The Bertz CT molecular complexity index is 1400. The van der Waals surface area contributed by atoms with Crippen LogP contribution >= 0.6 is 0 Å². The Balaban J connectivity index is 1.36. The number of nitrogen functional groups attached to an aromatic ring is 1. The number of rotatable bonds is 7. The van der Waals surface area contributed by atoms with Crippen molar-refractivity contribution in [3.05, 3.63) is 138 Å². The summed E-state index contributed by atoms with van der Waals surface area (Å²) in [5, 5.41) is 10.0. The van der Waals surface area contributed by atoms with E-state index in [1.165, 1.54) is 11.1 Å². The van der Waals surface area contributed by atoms with Crippen LogP contribution in [0.4, 0.5) is 17.1 Å². The highest BCUT2D eigenvalue weighted by atomic mass is 16.2. The highest BCUT2D eigenvalue weighted by Gasteiger charge is 2.29. The van der Waals surface area contributed by atoms with Gasteiger partial charge in [0, 0.05) is 49.4 Å². The Hall–Kier alpha value is -4.86. The van der Waals surface area contributed by atoms with E-state index in [0.717, 1.165) is 11.4 Å². The van der Waals surface area contributed by atoms with Crippen molar-refractivity contribution in [2.75, 3.05) is 36.8 Å². The standard InChI is InChI=1S/C33H31N5O/c34-24-28(25-38(30-14-8-3-9-15-30)31-18-16-29(35)17-19-31)33(39)37-22-20-36(21-23-37)32(26-10-4-1-5-11-26)27-12-6-2-7-13-27/h1-19,25,32H,20-23,35H2/b28-25-. The van der Waals surface area contributed by atoms with Crippen molar-refractivity contribution in [1.82, 2.24) is 9.80 Å². The van der Waals surface area contributed by atoms with Crippen LogP contribution in [-0.2, 0) is 4.79 Å². The first-order chi connectivity index (χ1) is 19.1. The Labute approximate surface area is 229 Å². The lowest BCUT2D eigenvalue weighted by Gasteiger charge is -2.39. The molecule has 0 bridgehead atoms. The molecule has 1 aliphatic heterocycles. The van der Waals surface area contributed by atoms with Gasteiger partial charge in [0.1, 0.15) is 11.6 Å². The molecule has 6 heteroatoms. The lowest BCUT2D eigenvalue weighted by atomic mass is 9.96. The number of nitrogens with two attached hydrogens (primary N) is 1. The van der Waals surface area contributed by atoms with Crippen molar-refractivity contribution < 1.29 is 4.79 Å². The van der Waals surface area contributed by atoms with E-state index in [1.807, 2.05) is 71.6 Å². The molecule has 2 N–H and O–H groups in total. The Morgan fingerprint density at radius 1 is 0.744 bits per heavy atom. The summed E-state index contributed by atoms with van der Waals surface area (Å²) in [6, 6.07) is 40.2. The Morgan fingerprint density at radius 2 is 1.23 bits per heavy atom. The van der Waals surface area contributed by atoms with Crippen LogP contribution < -0.4 is 10.6 Å². The normalized spacial score (nSPS) is 14.2. The second-order valence-corrected chi connectivity index (χ2v) is 9.50. The molecule has 0 aromatic heterocycles. The third-order valence-electron chi connectivity index (χ3n) is 7.01. The smallest absolute Gasteiger partial charge is 0.266 e. The van der Waals surface area contributed by atoms with Gasteiger partial charge in [-0.1, -0.05) is 78.9 Å². The largest absolute Gasteiger partial charge is 0.399 e. The van der Waals surface area contributed by atoms with Gasteiger partial charge in [-0.3, -0.25) is 9.69 Å². The molecule has 1 amide bonds. The fraction of sp³-hybridized carbons (Fsp3) is 0.152. The number of nitriles is 1. The zero-order chi connectivity index (χ0) is 27.0. The molecule has 5 rings (SSSR count). The van der Waals surface area contributed by atoms with Crippen LogP contribution in [0.25, 0.3) is 0 Å². The number of anilines is 3. The molecule has 0 spiro atoms. The highest BCUT2D eigenvalue weighted by Crippen LogP contribution is 2.30. The van der Waals surface area contributed by atoms with Crippen molar-refractivity contribution in [3.63, 3.8) is 0 Å². The number of hydrogen-bond acceptors (Lipinski definition) is 5. The van der Waals surface area contributed by atoms with Crippen LogP contribution in [0.5, 0.6) is 0 Å². The number of benzene rings is 4. The molecule has 1 fully saturated rings. The van der Waals surface area contributed by atoms with E-state index in [4.69, 9.17) is 5.73 Å². The molecule has 4 aromatic carbocycles. The van der Waals surface area contributed by atoms with Gasteiger partial charge in [0.25, 0.3) is 5.91 Å². The molecule has 6 nitrogen and oxygen atoms in total. The van der Waals surface area contributed by atoms with E-state index < -0.39 is 0 Å². The van der Waals surface area contributed by atoms with Crippen molar-refractivity contribution in [2.24, 2.45) is 0 Å². The first-order valence-electron chi connectivity index (χ1n) is 13.1. The van der Waals surface area contributed by atoms with Gasteiger partial charge in [0.2, 0.25) is 0 Å². The third-order valence-corrected chi connectivity index (χ3v) is 7.01. The van der Waals surface area contributed by atoms with Crippen LogP contribution in [-0.4, -0.2) is 41.9 Å². The highest BCUT2D eigenvalue weighted by molar-refractivity contribution is 5.98. The molecule has 0 aliphatic carbocycles. The molecule has 0 radical (unpaired) electrons. The van der Waals surface area contributed by atoms with E-state index in [1.54, 1.807) is 11.1 Å². The van der Waals surface area contributed by atoms with Crippen molar-refractivity contribution >= 4 is 23.0 Å². The molecule has 1 aliphatic rings. The first-order valence-corrected chi connectivity index (χ1v) is 13.1. The number of para-hydroxylation sites is 1. The van der Waals surface area contributed by atoms with E-state index in [-0.39, 0.29) is 17.5 Å². The van der Waals surface area contributed by atoms with Gasteiger partial charge < -0.3 is 15.5 Å². The predicted molar refractivity (Wildman–Crippen MR) is 156 cm³/mol. The summed E-state index contributed by atoms with van der Waals surface area (Å²) in [5.41, 5.74) is 10.7. The monoisotopic (exact) mass is 513 g/mol. The number of nitrogens with zero attached hydrogens (tertiary/aromatic N) is 4. The van der Waals surface area contributed by atoms with Gasteiger partial charge in [-0.2, -0.15) is 5.26 Å². The molecule has 1 heterocycles. The van der Waals surface area contributed by atoms with Gasteiger partial charge in [-0.05, 0) is 47.5 Å². The number of amides is 1. The predicted octanol–water partition coefficient (Wildman–Crippen LogP) is 5.75. The summed E-state index contributed by atoms with van der Waals surface area (Å²) in [4.78, 5) is 19.6. The second kappa shape index (κ2) is 12.1. The van der Waals surface area contributed by atoms with Crippen LogP contribution in [0.2, 0.25) is 0 Å². The van der Waals surface area contributed by atoms with E-state index >= 15 is 0 Å². The molecule has 39 heavy (non-hydrogen) atoms. The maximum atomic E-state index is 13.6. The molecule has 0 unspecified atom stereocenters. The molecule has 4 aromatic rings. The average molecular weight is 514 g/mol. The molecule has 1 saturated heterocycles. The number of carbonyl (C=O) groups excluding carboxylic acids is 1. The van der Waals surface area contributed by atoms with Crippen LogP contribution in [0.3, 0.4) is 0 Å². The van der Waals surface area contributed by atoms with Gasteiger partial charge in [-0.15, -0.1) is 0 Å². The second-order valence-electron chi connectivity index (χ2n) is 9.50. The van der Waals surface area contributed by atoms with Gasteiger partial charge >= 0.3 is 0 Å². The maximum absolute atomic E-state index is 13.6. The van der Waals surface area contributed by atoms with Crippen molar-refractivity contribution in [1.29, 1.82) is 5.26 Å². The van der Waals surface area contributed by atoms with Crippen LogP contribution in [0, 0.1) is 11.3 Å². The Kier molecular flexibility index (Phi) is 8.01. The zero-order valence-corrected chi connectivity index (χ0v) is 21.7. The van der Waals surface area contributed by atoms with Gasteiger partial charge in [-0.25, -0.2) is 0 Å². The number of carbonyl (C=O) groups is 1. The quantitative estimate of drug-likeness (QED) is 0.194.